The summed E-state index contributed by atoms with van der Waals surface area (Å²) in [5.74, 6) is -1.13. The van der Waals surface area contributed by atoms with Gasteiger partial charge >= 0.3 is 6.18 Å². The molecule has 0 amide bonds. The van der Waals surface area contributed by atoms with Crippen LogP contribution in [0.25, 0.3) is 27.5 Å². The predicted molar refractivity (Wildman–Crippen MR) is 118 cm³/mol. The molecule has 33 heavy (non-hydrogen) atoms. The molecule has 2 N–H and O–H groups in total. The van der Waals surface area contributed by atoms with Crippen LogP contribution in [0, 0.1) is 5.82 Å². The van der Waals surface area contributed by atoms with Gasteiger partial charge in [-0.15, -0.1) is 0 Å². The number of aromatic nitrogens is 2. The topological polar surface area (TPSA) is 73.3 Å². The highest BCUT2D eigenvalue weighted by molar-refractivity contribution is 6.04. The molecular weight excluding hydrogens is 436 g/mol. The number of hydrogen-bond donors (Lipinski definition) is 1. The van der Waals surface area contributed by atoms with Crippen LogP contribution in [-0.2, 0) is 6.18 Å². The van der Waals surface area contributed by atoms with Crippen molar-refractivity contribution in [1.29, 1.82) is 0 Å². The number of alkyl halides is 3. The number of hydrogen-bond acceptors (Lipinski definition) is 4. The molecule has 3 heterocycles. The van der Waals surface area contributed by atoms with E-state index >= 15 is 0 Å². The minimum Gasteiger partial charge on any atom is -0.307 e. The lowest BCUT2D eigenvalue weighted by Crippen LogP contribution is -2.31. The Balaban J connectivity index is 1.84. The molecule has 168 valence electrons. The fourth-order valence-corrected chi connectivity index (χ4v) is 4.34. The van der Waals surface area contributed by atoms with E-state index in [-0.39, 0.29) is 11.4 Å². The maximum absolute atomic E-state index is 13.8. The van der Waals surface area contributed by atoms with Crippen LogP contribution < -0.4 is 11.3 Å². The Morgan fingerprint density at radius 3 is 2.61 bits per heavy atom. The smallest absolute Gasteiger partial charge is 0.307 e. The van der Waals surface area contributed by atoms with E-state index in [1.165, 1.54) is 18.3 Å². The molecule has 0 aliphatic carbocycles. The van der Waals surface area contributed by atoms with Crippen molar-refractivity contribution in [1.82, 2.24) is 9.55 Å². The monoisotopic (exact) mass is 454 g/mol. The van der Waals surface area contributed by atoms with Gasteiger partial charge in [0.25, 0.3) is 5.56 Å². The normalized spacial score (nSPS) is 20.7. The van der Waals surface area contributed by atoms with Crippen LogP contribution in [0.3, 0.4) is 0 Å². The summed E-state index contributed by atoms with van der Waals surface area (Å²) >= 11 is 0. The van der Waals surface area contributed by atoms with Crippen LogP contribution in [0.4, 0.5) is 17.6 Å². The Labute approximate surface area is 185 Å². The van der Waals surface area contributed by atoms with Crippen molar-refractivity contribution in [3.8, 4) is 5.69 Å². The summed E-state index contributed by atoms with van der Waals surface area (Å²) in [6.45, 7) is 1.81. The summed E-state index contributed by atoms with van der Waals surface area (Å²) in [6.07, 6.45) is -1.04. The quantitative estimate of drug-likeness (QED) is 0.345. The predicted octanol–water partition coefficient (Wildman–Crippen LogP) is 4.93. The minimum absolute atomic E-state index is 0.0832. The highest BCUT2D eigenvalue weighted by Gasteiger charge is 2.35. The van der Waals surface area contributed by atoms with E-state index in [9.17, 15) is 22.4 Å². The Kier molecular flexibility index (Phi) is 4.65. The van der Waals surface area contributed by atoms with Crippen LogP contribution in [-0.4, -0.2) is 21.4 Å². The van der Waals surface area contributed by atoms with Gasteiger partial charge in [-0.25, -0.2) is 4.39 Å². The van der Waals surface area contributed by atoms with Crippen LogP contribution in [0.2, 0.25) is 0 Å². The van der Waals surface area contributed by atoms with E-state index < -0.39 is 34.5 Å². The molecule has 0 bridgehead atoms. The number of aliphatic imine (C=N–C) groups is 1. The van der Waals surface area contributed by atoms with E-state index in [0.717, 1.165) is 22.3 Å². The Morgan fingerprint density at radius 2 is 1.91 bits per heavy atom. The molecule has 2 unspecified atom stereocenters. The molecular formula is C24H18F4N4O. The molecule has 0 saturated heterocycles. The zero-order valence-corrected chi connectivity index (χ0v) is 17.4. The summed E-state index contributed by atoms with van der Waals surface area (Å²) in [5, 5.41) is 0.972. The average Bonchev–Trinajstić information content (AvgIpc) is 3.12. The van der Waals surface area contributed by atoms with E-state index in [4.69, 9.17) is 5.73 Å². The first-order valence-corrected chi connectivity index (χ1v) is 10.2. The maximum atomic E-state index is 13.8. The largest absolute Gasteiger partial charge is 0.418 e. The van der Waals surface area contributed by atoms with Crippen LogP contribution in [0.5, 0.6) is 0 Å². The third-order valence-corrected chi connectivity index (χ3v) is 5.86. The summed E-state index contributed by atoms with van der Waals surface area (Å²) in [4.78, 5) is 21.6. The molecule has 2 aromatic carbocycles. The van der Waals surface area contributed by atoms with Gasteiger partial charge in [0.15, 0.2) is 0 Å². The van der Waals surface area contributed by atoms with Crippen molar-refractivity contribution in [3.05, 3.63) is 82.0 Å². The van der Waals surface area contributed by atoms with Gasteiger partial charge in [0.1, 0.15) is 11.5 Å². The van der Waals surface area contributed by atoms with Crippen LogP contribution in [0.15, 0.2) is 64.5 Å². The maximum Gasteiger partial charge on any atom is 0.418 e. The van der Waals surface area contributed by atoms with Gasteiger partial charge < -0.3 is 5.73 Å². The van der Waals surface area contributed by atoms with Crippen molar-refractivity contribution < 1.29 is 17.6 Å². The Morgan fingerprint density at radius 1 is 1.12 bits per heavy atom. The molecule has 9 heteroatoms. The first-order chi connectivity index (χ1) is 15.5. The molecule has 2 aromatic heterocycles. The fraction of sp³-hybridized carbons (Fsp3) is 0.208. The third kappa shape index (κ3) is 3.68. The molecule has 0 radical (unpaired) electrons. The van der Waals surface area contributed by atoms with Gasteiger partial charge in [-0.2, -0.15) is 13.2 Å². The second-order valence-electron chi connectivity index (χ2n) is 8.45. The highest BCUT2D eigenvalue weighted by atomic mass is 19.4. The van der Waals surface area contributed by atoms with Crippen molar-refractivity contribution >= 4 is 28.0 Å². The number of fused-ring (bicyclic) bond motifs is 3. The second-order valence-corrected chi connectivity index (χ2v) is 8.45. The summed E-state index contributed by atoms with van der Waals surface area (Å²) in [6, 6.07) is 10.4. The molecule has 0 saturated carbocycles. The van der Waals surface area contributed by atoms with Gasteiger partial charge in [0, 0.05) is 35.2 Å². The lowest BCUT2D eigenvalue weighted by atomic mass is 9.93. The summed E-state index contributed by atoms with van der Waals surface area (Å²) < 4.78 is 56.0. The van der Waals surface area contributed by atoms with Crippen molar-refractivity contribution in [3.63, 3.8) is 0 Å². The van der Waals surface area contributed by atoms with E-state index in [2.05, 4.69) is 9.98 Å². The number of nitrogens with zero attached hydrogens (tertiary/aromatic N) is 3. The molecule has 5 rings (SSSR count). The molecule has 1 aliphatic heterocycles. The zero-order valence-electron chi connectivity index (χ0n) is 17.4. The summed E-state index contributed by atoms with van der Waals surface area (Å²) in [5.41, 5.74) is 4.67. The molecule has 4 aromatic rings. The average molecular weight is 454 g/mol. The van der Waals surface area contributed by atoms with E-state index in [0.29, 0.717) is 28.8 Å². The Bertz CT molecular complexity index is 1500. The molecule has 1 aliphatic rings. The van der Waals surface area contributed by atoms with Gasteiger partial charge in [0.05, 0.1) is 22.3 Å². The van der Waals surface area contributed by atoms with Crippen molar-refractivity contribution in [2.24, 2.45) is 10.7 Å². The number of rotatable bonds is 2. The van der Waals surface area contributed by atoms with Gasteiger partial charge in [-0.05, 0) is 55.3 Å². The van der Waals surface area contributed by atoms with Crippen LogP contribution in [0.1, 0.15) is 30.4 Å². The SMILES string of the molecule is CC1(N)CC(c2ccc3ncc4ccc(=O)n(-c5ccc(F)cc5C(F)(F)F)c4c3c2)C=N1. The van der Waals surface area contributed by atoms with E-state index in [1.54, 1.807) is 18.3 Å². The number of pyridine rings is 2. The van der Waals surface area contributed by atoms with Gasteiger partial charge in [-0.1, -0.05) is 6.07 Å². The fourth-order valence-electron chi connectivity index (χ4n) is 4.34. The standard InChI is InChI=1S/C24H18F4N4O/c1-23(29)10-15(12-31-23)13-2-5-19-17(8-13)22-14(11-30-19)3-7-21(33)32(22)20-6-4-16(25)9-18(20)24(26,27)28/h2-9,11-12,15H,10,29H2,1H3. The molecule has 0 fully saturated rings. The first-order valence-electron chi connectivity index (χ1n) is 10.2. The third-order valence-electron chi connectivity index (χ3n) is 5.86. The second kappa shape index (κ2) is 7.21. The van der Waals surface area contributed by atoms with Crippen LogP contribution >= 0.6 is 0 Å². The first kappa shape index (κ1) is 21.3. The van der Waals surface area contributed by atoms with Crippen molar-refractivity contribution in [2.45, 2.75) is 31.1 Å². The molecule has 5 nitrogen and oxygen atoms in total. The van der Waals surface area contributed by atoms with E-state index in [1.807, 2.05) is 13.0 Å². The van der Waals surface area contributed by atoms with Crippen molar-refractivity contribution in [2.75, 3.05) is 0 Å². The number of benzene rings is 2. The Hall–Kier alpha value is -3.59. The molecule has 0 spiro atoms. The number of nitrogens with two attached hydrogens (primary N) is 1. The van der Waals surface area contributed by atoms with Gasteiger partial charge in [-0.3, -0.25) is 19.3 Å². The lowest BCUT2D eigenvalue weighted by molar-refractivity contribution is -0.137. The van der Waals surface area contributed by atoms with Gasteiger partial charge in [0.2, 0.25) is 0 Å². The highest BCUT2D eigenvalue weighted by Crippen LogP contribution is 2.37. The number of halogens is 4. The summed E-state index contributed by atoms with van der Waals surface area (Å²) in [7, 11) is 0. The zero-order chi connectivity index (χ0) is 23.5. The minimum atomic E-state index is -4.86. The lowest BCUT2D eigenvalue weighted by Gasteiger charge is -2.19. The molecule has 2 atom stereocenters.